The molecule has 4 nitrogen and oxygen atoms in total. The van der Waals surface area contributed by atoms with Crippen LogP contribution in [0, 0.1) is 17.8 Å². The van der Waals surface area contributed by atoms with E-state index in [0.717, 1.165) is 25.4 Å². The highest BCUT2D eigenvalue weighted by molar-refractivity contribution is 5.64. The van der Waals surface area contributed by atoms with Crippen LogP contribution in [0.5, 0.6) is 0 Å². The molecule has 0 saturated carbocycles. The molecule has 0 aromatic heterocycles. The molecule has 0 heterocycles. The number of carbonyl (C=O) groups excluding carboxylic acids is 2. The van der Waals surface area contributed by atoms with E-state index in [1.807, 2.05) is 24.3 Å². The average Bonchev–Trinajstić information content (AvgIpc) is 2.59. The van der Waals surface area contributed by atoms with E-state index in [-0.39, 0.29) is 12.2 Å². The summed E-state index contributed by atoms with van der Waals surface area (Å²) in [6, 6.07) is 0. The van der Waals surface area contributed by atoms with E-state index in [4.69, 9.17) is 9.47 Å². The number of allylic oxidation sites excluding steroid dienone is 6. The summed E-state index contributed by atoms with van der Waals surface area (Å²) >= 11 is 0. The van der Waals surface area contributed by atoms with Gasteiger partial charge < -0.3 is 14.3 Å². The van der Waals surface area contributed by atoms with Gasteiger partial charge in [-0.15, -0.1) is 0 Å². The summed E-state index contributed by atoms with van der Waals surface area (Å²) in [5.74, 6) is 1.04. The Morgan fingerprint density at radius 1 is 0.958 bits per heavy atom. The van der Waals surface area contributed by atoms with Crippen molar-refractivity contribution in [2.75, 3.05) is 14.2 Å². The molecule has 0 aliphatic heterocycles. The summed E-state index contributed by atoms with van der Waals surface area (Å²) in [5.41, 5.74) is 0. The molecular formula is C20H32O4. The van der Waals surface area contributed by atoms with Crippen molar-refractivity contribution in [2.45, 2.75) is 45.8 Å². The monoisotopic (exact) mass is 336 g/mol. The first-order valence-electron chi connectivity index (χ1n) is 8.57. The lowest BCUT2D eigenvalue weighted by atomic mass is 9.88. The van der Waals surface area contributed by atoms with Crippen LogP contribution in [0.1, 0.15) is 39.5 Å². The standard InChI is InChI=1S/C20H32O4/c1-5-19(17(2)10-8-9-14-21)12-7-6-11-18(13-15-22)16-20(23-3)24-4/h6-9,11-12,14-15,17-20H,5,10,13,16H2,1-4H3/b9-8+,11-6+,12-7+/t17-,18+,19-/m1/s1. The molecule has 4 heteroatoms. The summed E-state index contributed by atoms with van der Waals surface area (Å²) in [7, 11) is 3.20. The second-order valence-electron chi connectivity index (χ2n) is 5.92. The lowest BCUT2D eigenvalue weighted by Crippen LogP contribution is -2.17. The molecule has 0 radical (unpaired) electrons. The molecule has 0 spiro atoms. The molecule has 0 N–H and O–H groups in total. The maximum absolute atomic E-state index is 10.8. The SMILES string of the molecule is CC[C@H](/C=C/C=C/[C@@H](CC=O)CC(OC)OC)[C@H](C)C/C=C/C=O. The molecular weight excluding hydrogens is 304 g/mol. The molecule has 3 atom stereocenters. The van der Waals surface area contributed by atoms with E-state index < -0.39 is 0 Å². The zero-order valence-electron chi connectivity index (χ0n) is 15.4. The van der Waals surface area contributed by atoms with Crippen LogP contribution >= 0.6 is 0 Å². The normalized spacial score (nSPS) is 16.2. The van der Waals surface area contributed by atoms with E-state index in [1.54, 1.807) is 20.3 Å². The fourth-order valence-electron chi connectivity index (χ4n) is 2.59. The van der Waals surface area contributed by atoms with Crippen LogP contribution in [0.4, 0.5) is 0 Å². The maximum Gasteiger partial charge on any atom is 0.157 e. The van der Waals surface area contributed by atoms with Gasteiger partial charge in [-0.25, -0.2) is 0 Å². The molecule has 0 aromatic carbocycles. The summed E-state index contributed by atoms with van der Waals surface area (Å²) in [4.78, 5) is 21.1. The number of hydrogen-bond acceptors (Lipinski definition) is 4. The van der Waals surface area contributed by atoms with Crippen molar-refractivity contribution in [1.82, 2.24) is 0 Å². The Kier molecular flexibility index (Phi) is 14.1. The van der Waals surface area contributed by atoms with Gasteiger partial charge in [-0.3, -0.25) is 4.79 Å². The number of methoxy groups -OCH3 is 2. The Labute approximate surface area is 146 Å². The molecule has 0 aliphatic carbocycles. The van der Waals surface area contributed by atoms with Gasteiger partial charge in [-0.1, -0.05) is 44.2 Å². The Hall–Kier alpha value is -1.52. The van der Waals surface area contributed by atoms with E-state index in [0.29, 0.717) is 24.7 Å². The zero-order valence-corrected chi connectivity index (χ0v) is 15.4. The van der Waals surface area contributed by atoms with Crippen molar-refractivity contribution in [3.05, 3.63) is 36.5 Å². The van der Waals surface area contributed by atoms with Gasteiger partial charge in [0.05, 0.1) is 0 Å². The van der Waals surface area contributed by atoms with Crippen molar-refractivity contribution in [3.8, 4) is 0 Å². The van der Waals surface area contributed by atoms with Crippen molar-refractivity contribution < 1.29 is 19.1 Å². The minimum absolute atomic E-state index is 0.102. The molecule has 24 heavy (non-hydrogen) atoms. The highest BCUT2D eigenvalue weighted by atomic mass is 16.7. The number of aldehydes is 2. The van der Waals surface area contributed by atoms with Gasteiger partial charge in [-0.2, -0.15) is 0 Å². The Balaban J connectivity index is 4.61. The third kappa shape index (κ3) is 10.3. The van der Waals surface area contributed by atoms with Crippen LogP contribution in [0.25, 0.3) is 0 Å². The molecule has 0 unspecified atom stereocenters. The Morgan fingerprint density at radius 3 is 2.17 bits per heavy atom. The van der Waals surface area contributed by atoms with Crippen LogP contribution in [-0.2, 0) is 19.1 Å². The lowest BCUT2D eigenvalue weighted by molar-refractivity contribution is -0.116. The maximum atomic E-state index is 10.8. The van der Waals surface area contributed by atoms with Crippen LogP contribution in [-0.4, -0.2) is 33.1 Å². The third-order valence-electron chi connectivity index (χ3n) is 4.20. The predicted molar refractivity (Wildman–Crippen MR) is 97.6 cm³/mol. The molecule has 0 aliphatic rings. The Bertz CT molecular complexity index is 408. The summed E-state index contributed by atoms with van der Waals surface area (Å²) in [6.07, 6.45) is 16.2. The van der Waals surface area contributed by atoms with Gasteiger partial charge in [0.1, 0.15) is 12.6 Å². The number of carbonyl (C=O) groups is 2. The van der Waals surface area contributed by atoms with E-state index >= 15 is 0 Å². The van der Waals surface area contributed by atoms with Gasteiger partial charge in [0.25, 0.3) is 0 Å². The van der Waals surface area contributed by atoms with Crippen LogP contribution < -0.4 is 0 Å². The quantitative estimate of drug-likeness (QED) is 0.207. The highest BCUT2D eigenvalue weighted by Crippen LogP contribution is 2.21. The molecule has 0 aromatic rings. The van der Waals surface area contributed by atoms with Crippen LogP contribution in [0.15, 0.2) is 36.5 Å². The Morgan fingerprint density at radius 2 is 1.62 bits per heavy atom. The second-order valence-corrected chi connectivity index (χ2v) is 5.92. The largest absolute Gasteiger partial charge is 0.356 e. The van der Waals surface area contributed by atoms with Crippen LogP contribution in [0.3, 0.4) is 0 Å². The lowest BCUT2D eigenvalue weighted by Gasteiger charge is -2.18. The van der Waals surface area contributed by atoms with Crippen molar-refractivity contribution in [1.29, 1.82) is 0 Å². The van der Waals surface area contributed by atoms with Gasteiger partial charge in [0.15, 0.2) is 6.29 Å². The zero-order chi connectivity index (χ0) is 18.2. The van der Waals surface area contributed by atoms with E-state index in [9.17, 15) is 9.59 Å². The first kappa shape index (κ1) is 22.5. The molecule has 0 bridgehead atoms. The van der Waals surface area contributed by atoms with Crippen molar-refractivity contribution >= 4 is 12.6 Å². The minimum atomic E-state index is -0.295. The average molecular weight is 336 g/mol. The molecule has 0 rings (SSSR count). The number of ether oxygens (including phenoxy) is 2. The predicted octanol–water partition coefficient (Wildman–Crippen LogP) is 4.12. The van der Waals surface area contributed by atoms with Gasteiger partial charge >= 0.3 is 0 Å². The smallest absolute Gasteiger partial charge is 0.157 e. The van der Waals surface area contributed by atoms with E-state index in [1.165, 1.54) is 0 Å². The molecule has 0 amide bonds. The number of rotatable bonds is 14. The number of hydrogen-bond donors (Lipinski definition) is 0. The van der Waals surface area contributed by atoms with E-state index in [2.05, 4.69) is 19.9 Å². The van der Waals surface area contributed by atoms with Gasteiger partial charge in [-0.05, 0) is 36.7 Å². The minimum Gasteiger partial charge on any atom is -0.356 e. The molecule has 136 valence electrons. The van der Waals surface area contributed by atoms with Gasteiger partial charge in [0, 0.05) is 27.1 Å². The second kappa shape index (κ2) is 15.0. The highest BCUT2D eigenvalue weighted by Gasteiger charge is 2.13. The summed E-state index contributed by atoms with van der Waals surface area (Å²) in [6.45, 7) is 4.35. The van der Waals surface area contributed by atoms with Crippen molar-refractivity contribution in [2.24, 2.45) is 17.8 Å². The molecule has 0 fully saturated rings. The third-order valence-corrected chi connectivity index (χ3v) is 4.20. The molecule has 0 saturated heterocycles. The first-order chi connectivity index (χ1) is 11.6. The fourth-order valence-corrected chi connectivity index (χ4v) is 2.59. The van der Waals surface area contributed by atoms with Gasteiger partial charge in [0.2, 0.25) is 0 Å². The first-order valence-corrected chi connectivity index (χ1v) is 8.57. The summed E-state index contributed by atoms with van der Waals surface area (Å²) < 4.78 is 10.4. The van der Waals surface area contributed by atoms with Crippen LogP contribution in [0.2, 0.25) is 0 Å². The topological polar surface area (TPSA) is 52.6 Å². The van der Waals surface area contributed by atoms with Crippen molar-refractivity contribution in [3.63, 3.8) is 0 Å². The fraction of sp³-hybridized carbons (Fsp3) is 0.600. The summed E-state index contributed by atoms with van der Waals surface area (Å²) in [5, 5.41) is 0.